The highest BCUT2D eigenvalue weighted by Crippen LogP contribution is 2.28. The molecule has 94 valence electrons. The van der Waals surface area contributed by atoms with Crippen molar-refractivity contribution in [2.75, 3.05) is 19.0 Å². The molecule has 0 aromatic heterocycles. The third-order valence-corrected chi connectivity index (χ3v) is 4.43. The first kappa shape index (κ1) is 13.6. The van der Waals surface area contributed by atoms with Crippen molar-refractivity contribution in [2.24, 2.45) is 16.3 Å². The number of nitrogens with two attached hydrogens (primary N) is 1. The number of rotatable bonds is 5. The van der Waals surface area contributed by atoms with Gasteiger partial charge in [0.15, 0.2) is 0 Å². The largest absolute Gasteiger partial charge is 0.409 e. The summed E-state index contributed by atoms with van der Waals surface area (Å²) < 4.78 is 5.32. The Morgan fingerprint density at radius 1 is 1.50 bits per heavy atom. The summed E-state index contributed by atoms with van der Waals surface area (Å²) in [7, 11) is 0. The topological polar surface area (TPSA) is 67.8 Å². The zero-order valence-corrected chi connectivity index (χ0v) is 10.9. The molecule has 1 heterocycles. The van der Waals surface area contributed by atoms with Crippen molar-refractivity contribution >= 4 is 17.6 Å². The molecule has 0 spiro atoms. The molecule has 5 heteroatoms. The molecule has 1 rings (SSSR count). The molecule has 1 fully saturated rings. The standard InChI is InChI=1S/C11H22N2O2S/c1-11(2,10(12)13-14)5-8-16-9-3-6-15-7-4-9/h9,14H,3-8H2,1-2H3,(H2,12,13). The van der Waals surface area contributed by atoms with E-state index >= 15 is 0 Å². The van der Waals surface area contributed by atoms with Gasteiger partial charge in [-0.1, -0.05) is 19.0 Å². The van der Waals surface area contributed by atoms with E-state index in [0.717, 1.165) is 43.5 Å². The molecule has 0 saturated carbocycles. The fraction of sp³-hybridized carbons (Fsp3) is 0.909. The fourth-order valence-corrected chi connectivity index (χ4v) is 3.07. The van der Waals surface area contributed by atoms with Gasteiger partial charge in [-0.3, -0.25) is 0 Å². The van der Waals surface area contributed by atoms with Gasteiger partial charge in [0.2, 0.25) is 0 Å². The van der Waals surface area contributed by atoms with E-state index in [1.165, 1.54) is 0 Å². The molecule has 0 radical (unpaired) electrons. The average molecular weight is 246 g/mol. The smallest absolute Gasteiger partial charge is 0.144 e. The van der Waals surface area contributed by atoms with Crippen LogP contribution in [-0.2, 0) is 4.74 Å². The second-order valence-electron chi connectivity index (χ2n) is 4.80. The second-order valence-corrected chi connectivity index (χ2v) is 6.21. The van der Waals surface area contributed by atoms with Crippen molar-refractivity contribution in [1.29, 1.82) is 0 Å². The number of oxime groups is 1. The Kier molecular flexibility index (Phi) is 5.41. The summed E-state index contributed by atoms with van der Waals surface area (Å²) in [5, 5.41) is 12.5. The highest BCUT2D eigenvalue weighted by Gasteiger charge is 2.24. The van der Waals surface area contributed by atoms with Crippen LogP contribution in [0.4, 0.5) is 0 Å². The Bertz CT molecular complexity index is 238. The lowest BCUT2D eigenvalue weighted by atomic mass is 9.89. The lowest BCUT2D eigenvalue weighted by Gasteiger charge is -2.25. The maximum absolute atomic E-state index is 8.66. The zero-order chi connectivity index (χ0) is 12.0. The van der Waals surface area contributed by atoms with Crippen molar-refractivity contribution in [2.45, 2.75) is 38.4 Å². The van der Waals surface area contributed by atoms with E-state index in [-0.39, 0.29) is 5.41 Å². The third kappa shape index (κ3) is 4.22. The minimum atomic E-state index is -0.215. The van der Waals surface area contributed by atoms with Gasteiger partial charge >= 0.3 is 0 Å². The summed E-state index contributed by atoms with van der Waals surface area (Å²) in [6, 6.07) is 0. The van der Waals surface area contributed by atoms with E-state index in [1.54, 1.807) is 0 Å². The molecule has 3 N–H and O–H groups in total. The maximum atomic E-state index is 8.66. The zero-order valence-electron chi connectivity index (χ0n) is 10.1. The van der Waals surface area contributed by atoms with Crippen molar-refractivity contribution in [3.05, 3.63) is 0 Å². The number of thioether (sulfide) groups is 1. The van der Waals surface area contributed by atoms with Gasteiger partial charge in [-0.15, -0.1) is 0 Å². The SMILES string of the molecule is CC(C)(CCSC1CCOCC1)C(N)=NO. The Balaban J connectivity index is 2.23. The van der Waals surface area contributed by atoms with Crippen LogP contribution in [0.2, 0.25) is 0 Å². The molecule has 16 heavy (non-hydrogen) atoms. The maximum Gasteiger partial charge on any atom is 0.144 e. The number of hydrogen-bond donors (Lipinski definition) is 2. The lowest BCUT2D eigenvalue weighted by molar-refractivity contribution is 0.1000. The second kappa shape index (κ2) is 6.35. The summed E-state index contributed by atoms with van der Waals surface area (Å²) in [4.78, 5) is 0. The number of hydrogen-bond acceptors (Lipinski definition) is 4. The minimum Gasteiger partial charge on any atom is -0.409 e. The first-order chi connectivity index (χ1) is 7.56. The van der Waals surface area contributed by atoms with E-state index in [4.69, 9.17) is 15.7 Å². The summed E-state index contributed by atoms with van der Waals surface area (Å²) in [5.74, 6) is 1.37. The molecule has 1 aliphatic rings. The molecular formula is C11H22N2O2S. The van der Waals surface area contributed by atoms with Crippen LogP contribution in [-0.4, -0.2) is 35.3 Å². The van der Waals surface area contributed by atoms with Crippen LogP contribution in [0.3, 0.4) is 0 Å². The molecule has 0 aromatic rings. The molecule has 0 aromatic carbocycles. The molecule has 0 atom stereocenters. The van der Waals surface area contributed by atoms with Crippen LogP contribution in [0.1, 0.15) is 33.1 Å². The van der Waals surface area contributed by atoms with Crippen LogP contribution in [0.5, 0.6) is 0 Å². The molecule has 1 saturated heterocycles. The van der Waals surface area contributed by atoms with Gasteiger partial charge in [0.25, 0.3) is 0 Å². The van der Waals surface area contributed by atoms with E-state index < -0.39 is 0 Å². The van der Waals surface area contributed by atoms with Crippen molar-refractivity contribution in [3.8, 4) is 0 Å². The normalized spacial score (nSPS) is 20.0. The Morgan fingerprint density at radius 3 is 2.69 bits per heavy atom. The van der Waals surface area contributed by atoms with E-state index in [9.17, 15) is 0 Å². The van der Waals surface area contributed by atoms with E-state index in [0.29, 0.717) is 5.84 Å². The lowest BCUT2D eigenvalue weighted by Crippen LogP contribution is -2.32. The Morgan fingerprint density at radius 2 is 2.12 bits per heavy atom. The quantitative estimate of drug-likeness (QED) is 0.337. The summed E-state index contributed by atoms with van der Waals surface area (Å²) in [6.07, 6.45) is 3.23. The summed E-state index contributed by atoms with van der Waals surface area (Å²) in [5.41, 5.74) is 5.43. The van der Waals surface area contributed by atoms with Gasteiger partial charge in [0, 0.05) is 23.9 Å². The van der Waals surface area contributed by atoms with Crippen molar-refractivity contribution in [3.63, 3.8) is 0 Å². The van der Waals surface area contributed by atoms with Crippen LogP contribution in [0, 0.1) is 5.41 Å². The Hall–Kier alpha value is -0.420. The third-order valence-electron chi connectivity index (χ3n) is 3.05. The summed E-state index contributed by atoms with van der Waals surface area (Å²) in [6.45, 7) is 5.79. The molecule has 1 aliphatic heterocycles. The predicted molar refractivity (Wildman–Crippen MR) is 68.1 cm³/mol. The van der Waals surface area contributed by atoms with Gasteiger partial charge in [-0.2, -0.15) is 11.8 Å². The van der Waals surface area contributed by atoms with Crippen LogP contribution in [0.25, 0.3) is 0 Å². The van der Waals surface area contributed by atoms with Crippen LogP contribution in [0.15, 0.2) is 5.16 Å². The molecular weight excluding hydrogens is 224 g/mol. The fourth-order valence-electron chi connectivity index (χ4n) is 1.59. The van der Waals surface area contributed by atoms with Crippen molar-refractivity contribution < 1.29 is 9.94 Å². The van der Waals surface area contributed by atoms with Crippen molar-refractivity contribution in [1.82, 2.24) is 0 Å². The van der Waals surface area contributed by atoms with Gasteiger partial charge in [0.1, 0.15) is 5.84 Å². The van der Waals surface area contributed by atoms with Gasteiger partial charge in [-0.25, -0.2) is 0 Å². The summed E-state index contributed by atoms with van der Waals surface area (Å²) >= 11 is 1.98. The van der Waals surface area contributed by atoms with Crippen LogP contribution >= 0.6 is 11.8 Å². The monoisotopic (exact) mass is 246 g/mol. The molecule has 0 unspecified atom stereocenters. The first-order valence-corrected chi connectivity index (χ1v) is 6.78. The average Bonchev–Trinajstić information content (AvgIpc) is 2.29. The van der Waals surface area contributed by atoms with Crippen LogP contribution < -0.4 is 5.73 Å². The molecule has 0 bridgehead atoms. The van der Waals surface area contributed by atoms with E-state index in [1.807, 2.05) is 25.6 Å². The van der Waals surface area contributed by atoms with Gasteiger partial charge in [-0.05, 0) is 25.0 Å². The van der Waals surface area contributed by atoms with Gasteiger partial charge in [0.05, 0.1) is 0 Å². The predicted octanol–water partition coefficient (Wildman–Crippen LogP) is 2.06. The minimum absolute atomic E-state index is 0.215. The number of nitrogens with zero attached hydrogens (tertiary/aromatic N) is 1. The Labute approximate surface area is 102 Å². The molecule has 0 amide bonds. The molecule has 0 aliphatic carbocycles. The first-order valence-electron chi connectivity index (χ1n) is 5.73. The number of ether oxygens (including phenoxy) is 1. The molecule has 4 nitrogen and oxygen atoms in total. The highest BCUT2D eigenvalue weighted by atomic mass is 32.2. The number of amidine groups is 1. The van der Waals surface area contributed by atoms with E-state index in [2.05, 4.69) is 5.16 Å². The highest BCUT2D eigenvalue weighted by molar-refractivity contribution is 7.99. The van der Waals surface area contributed by atoms with Gasteiger partial charge < -0.3 is 15.7 Å².